The third-order valence-corrected chi connectivity index (χ3v) is 5.35. The van der Waals surface area contributed by atoms with E-state index in [0.29, 0.717) is 12.0 Å². The van der Waals surface area contributed by atoms with E-state index in [-0.39, 0.29) is 18.3 Å². The molecule has 9 heteroatoms. The number of carbonyl (C=O) groups is 2. The molecule has 0 saturated carbocycles. The van der Waals surface area contributed by atoms with Gasteiger partial charge in [-0.25, -0.2) is 9.18 Å². The Balaban J connectivity index is 0. The van der Waals surface area contributed by atoms with Crippen LogP contribution in [-0.2, 0) is 16.0 Å². The Morgan fingerprint density at radius 2 is 1.69 bits per heavy atom. The second-order valence-electron chi connectivity index (χ2n) is 10.4. The van der Waals surface area contributed by atoms with Crippen LogP contribution in [0.2, 0.25) is 0 Å². The van der Waals surface area contributed by atoms with Gasteiger partial charge in [-0.05, 0) is 58.9 Å². The van der Waals surface area contributed by atoms with Gasteiger partial charge < -0.3 is 31.3 Å². The Hall–Kier alpha value is -2.49. The van der Waals surface area contributed by atoms with E-state index < -0.39 is 23.4 Å². The molecule has 5 N–H and O–H groups in total. The van der Waals surface area contributed by atoms with Crippen LogP contribution in [0.15, 0.2) is 31.4 Å². The fraction of sp³-hybridized carbons (Fsp3) is 0.667. The molecular weight excluding hydrogens is 497 g/mol. The van der Waals surface area contributed by atoms with Crippen molar-refractivity contribution in [3.05, 3.63) is 42.7 Å². The molecule has 1 atom stereocenters. The number of likely N-dealkylation sites (N-methyl/N-ethyl adjacent to an activating group) is 1. The van der Waals surface area contributed by atoms with E-state index in [1.807, 2.05) is 0 Å². The zero-order chi connectivity index (χ0) is 30.3. The minimum atomic E-state index is -0.571. The summed E-state index contributed by atoms with van der Waals surface area (Å²) < 4.78 is 19.1. The van der Waals surface area contributed by atoms with Crippen molar-refractivity contribution >= 4 is 17.7 Å². The van der Waals surface area contributed by atoms with E-state index in [2.05, 4.69) is 54.9 Å². The van der Waals surface area contributed by atoms with Gasteiger partial charge in [-0.3, -0.25) is 4.79 Å². The van der Waals surface area contributed by atoms with Crippen LogP contribution in [0.4, 0.5) is 14.9 Å². The summed E-state index contributed by atoms with van der Waals surface area (Å²) in [5.41, 5.74) is 5.37. The number of carbonyl (C=O) groups excluding carboxylic acids is 2. The van der Waals surface area contributed by atoms with E-state index in [9.17, 15) is 14.0 Å². The van der Waals surface area contributed by atoms with E-state index in [1.165, 1.54) is 57.3 Å². The molecule has 1 aromatic carbocycles. The van der Waals surface area contributed by atoms with Crippen molar-refractivity contribution in [3.8, 4) is 0 Å². The minimum absolute atomic E-state index is 0.0805. The first-order chi connectivity index (χ1) is 18.4. The maximum atomic E-state index is 13.9. The van der Waals surface area contributed by atoms with Crippen molar-refractivity contribution < 1.29 is 18.7 Å². The van der Waals surface area contributed by atoms with Crippen LogP contribution in [0.3, 0.4) is 0 Å². The van der Waals surface area contributed by atoms with E-state index in [0.717, 1.165) is 13.1 Å². The van der Waals surface area contributed by atoms with Crippen molar-refractivity contribution in [1.29, 1.82) is 0 Å². The van der Waals surface area contributed by atoms with Crippen molar-refractivity contribution in [2.45, 2.75) is 91.7 Å². The zero-order valence-corrected chi connectivity index (χ0v) is 25.6. The number of benzene rings is 1. The summed E-state index contributed by atoms with van der Waals surface area (Å²) in [5.74, 6) is -1.01. The third-order valence-electron chi connectivity index (χ3n) is 5.35. The number of alkyl carbamates (subject to hydrolysis) is 1. The van der Waals surface area contributed by atoms with Crippen LogP contribution in [0.25, 0.3) is 0 Å². The van der Waals surface area contributed by atoms with Gasteiger partial charge in [-0.1, -0.05) is 52.0 Å². The molecular formula is C30H56FN5O3. The maximum absolute atomic E-state index is 13.9. The van der Waals surface area contributed by atoms with Crippen LogP contribution in [0.1, 0.15) is 79.2 Å². The lowest BCUT2D eigenvalue weighted by Gasteiger charge is -2.22. The monoisotopic (exact) mass is 553 g/mol. The highest BCUT2D eigenvalue weighted by atomic mass is 19.1. The van der Waals surface area contributed by atoms with Crippen LogP contribution in [-0.4, -0.2) is 68.3 Å². The molecule has 0 spiro atoms. The van der Waals surface area contributed by atoms with Gasteiger partial charge in [0.2, 0.25) is 5.91 Å². The number of piperazine rings is 1. The first-order valence-corrected chi connectivity index (χ1v) is 14.1. The third kappa shape index (κ3) is 23.1. The molecule has 2 rings (SSSR count). The topological polar surface area (TPSA) is 109 Å². The van der Waals surface area contributed by atoms with Crippen LogP contribution in [0, 0.1) is 5.82 Å². The highest BCUT2D eigenvalue weighted by molar-refractivity contribution is 5.92. The molecule has 0 bridgehead atoms. The Kier molecular flexibility index (Phi) is 23.2. The molecule has 1 unspecified atom stereocenters. The highest BCUT2D eigenvalue weighted by Crippen LogP contribution is 2.17. The van der Waals surface area contributed by atoms with Crippen molar-refractivity contribution in [1.82, 2.24) is 15.5 Å². The molecule has 0 aliphatic carbocycles. The summed E-state index contributed by atoms with van der Waals surface area (Å²) in [5, 5.41) is 8.33. The molecule has 39 heavy (non-hydrogen) atoms. The summed E-state index contributed by atoms with van der Waals surface area (Å²) in [6, 6.07) is 4.24. The summed E-state index contributed by atoms with van der Waals surface area (Å²) in [4.78, 5) is 25.2. The molecule has 1 fully saturated rings. The first kappa shape index (κ1) is 38.7. The largest absolute Gasteiger partial charge is 0.444 e. The number of rotatable bonds is 9. The van der Waals surface area contributed by atoms with E-state index >= 15 is 0 Å². The fourth-order valence-electron chi connectivity index (χ4n) is 3.35. The molecule has 1 saturated heterocycles. The Morgan fingerprint density at radius 3 is 2.10 bits per heavy atom. The van der Waals surface area contributed by atoms with Gasteiger partial charge in [-0.15, -0.1) is 13.2 Å². The highest BCUT2D eigenvalue weighted by Gasteiger charge is 2.18. The molecule has 1 aliphatic heterocycles. The van der Waals surface area contributed by atoms with Gasteiger partial charge in [-0.2, -0.15) is 0 Å². The van der Waals surface area contributed by atoms with Gasteiger partial charge >= 0.3 is 6.09 Å². The minimum Gasteiger partial charge on any atom is -0.444 e. The first-order valence-electron chi connectivity index (χ1n) is 14.1. The second-order valence-corrected chi connectivity index (χ2v) is 10.4. The lowest BCUT2D eigenvalue weighted by Crippen LogP contribution is -2.40. The van der Waals surface area contributed by atoms with Gasteiger partial charge in [0.25, 0.3) is 0 Å². The zero-order valence-electron chi connectivity index (χ0n) is 25.6. The Labute approximate surface area is 237 Å². The summed E-state index contributed by atoms with van der Waals surface area (Å²) >= 11 is 0. The Morgan fingerprint density at radius 1 is 1.13 bits per heavy atom. The average molecular weight is 554 g/mol. The summed E-state index contributed by atoms with van der Waals surface area (Å²) in [6.07, 6.45) is 6.92. The van der Waals surface area contributed by atoms with Gasteiger partial charge in [0.15, 0.2) is 0 Å². The smallest absolute Gasteiger partial charge is 0.407 e. The van der Waals surface area contributed by atoms with E-state index in [4.69, 9.17) is 10.5 Å². The normalized spacial score (nSPS) is 13.7. The number of anilines is 1. The van der Waals surface area contributed by atoms with Crippen LogP contribution >= 0.6 is 0 Å². The number of amides is 2. The quantitative estimate of drug-likeness (QED) is 0.238. The molecule has 1 heterocycles. The average Bonchev–Trinajstić information content (AvgIpc) is 2.87. The summed E-state index contributed by atoms with van der Waals surface area (Å²) in [6.45, 7) is 22.2. The number of hydrogen-bond acceptors (Lipinski definition) is 6. The lowest BCUT2D eigenvalue weighted by molar-refractivity contribution is -0.114. The van der Waals surface area contributed by atoms with Crippen LogP contribution in [0.5, 0.6) is 0 Å². The summed E-state index contributed by atoms with van der Waals surface area (Å²) in [7, 11) is 2.15. The van der Waals surface area contributed by atoms with Crippen molar-refractivity contribution in [2.24, 2.45) is 5.73 Å². The molecule has 226 valence electrons. The standard InChI is InChI=1S/C16H24FN3O3.C7H16.C5H12N2.C2H4/c1-10(19-15(22)23-16(2,3)4)7-11-5-6-13(12(17)8-11)20-14(21)9-18;1-3-5-7-6-4-2;1-7-4-2-6-3-5-7;1-2/h5-6,8,10H,7,9,18H2,1-4H3,(H,19,22)(H,20,21);3-7H2,1-2H3;6H,2-5H2,1H3;1-2H2. The number of ether oxygens (including phenoxy) is 1. The number of hydrogen-bond donors (Lipinski definition) is 4. The number of unbranched alkanes of at least 4 members (excludes halogenated alkanes) is 4. The van der Waals surface area contributed by atoms with Gasteiger partial charge in [0.1, 0.15) is 11.4 Å². The van der Waals surface area contributed by atoms with Gasteiger partial charge in [0.05, 0.1) is 12.2 Å². The number of nitrogens with two attached hydrogens (primary N) is 1. The lowest BCUT2D eigenvalue weighted by atomic mass is 10.1. The second kappa shape index (κ2) is 23.4. The van der Waals surface area contributed by atoms with Gasteiger partial charge in [0, 0.05) is 32.2 Å². The molecule has 8 nitrogen and oxygen atoms in total. The maximum Gasteiger partial charge on any atom is 0.407 e. The van der Waals surface area contributed by atoms with E-state index in [1.54, 1.807) is 33.8 Å². The molecule has 0 radical (unpaired) electrons. The van der Waals surface area contributed by atoms with Crippen molar-refractivity contribution in [3.63, 3.8) is 0 Å². The Bertz CT molecular complexity index is 776. The number of halogens is 1. The molecule has 2 amide bonds. The molecule has 0 aromatic heterocycles. The SMILES string of the molecule is C=C.CC(Cc1ccc(NC(=O)CN)c(F)c1)NC(=O)OC(C)(C)C.CCCCCCC.CN1CCNCC1. The molecule has 1 aromatic rings. The fourth-order valence-corrected chi connectivity index (χ4v) is 3.35. The predicted molar refractivity (Wildman–Crippen MR) is 163 cm³/mol. The molecule has 1 aliphatic rings. The van der Waals surface area contributed by atoms with Crippen LogP contribution < -0.4 is 21.7 Å². The number of nitrogens with one attached hydrogen (secondary N) is 3. The van der Waals surface area contributed by atoms with Crippen molar-refractivity contribution in [2.75, 3.05) is 45.1 Å². The number of nitrogens with zero attached hydrogens (tertiary/aromatic N) is 1. The predicted octanol–water partition coefficient (Wildman–Crippen LogP) is 5.48.